The number of hydrogen-bond acceptors (Lipinski definition) is 3. The van der Waals surface area contributed by atoms with Gasteiger partial charge < -0.3 is 19.9 Å². The lowest BCUT2D eigenvalue weighted by Gasteiger charge is -2.36. The monoisotopic (exact) mass is 342 g/mol. The summed E-state index contributed by atoms with van der Waals surface area (Å²) in [5.41, 5.74) is 2.24. The minimum atomic E-state index is -0.291. The van der Waals surface area contributed by atoms with E-state index in [1.807, 2.05) is 24.4 Å². The second-order valence-corrected chi connectivity index (χ2v) is 6.89. The maximum absolute atomic E-state index is 12.7. The molecule has 2 heterocycles. The van der Waals surface area contributed by atoms with Gasteiger partial charge in [-0.3, -0.25) is 0 Å². The minimum Gasteiger partial charge on any atom is -0.394 e. The third kappa shape index (κ3) is 3.85. The maximum Gasteiger partial charge on any atom is 0.318 e. The highest BCUT2D eigenvalue weighted by Gasteiger charge is 2.30. The quantitative estimate of drug-likeness (QED) is 0.876. The van der Waals surface area contributed by atoms with E-state index < -0.39 is 0 Å². The van der Waals surface area contributed by atoms with Crippen LogP contribution in [-0.4, -0.2) is 38.7 Å². The number of carbonyl (C=O) groups excluding carboxylic acids is 1. The van der Waals surface area contributed by atoms with E-state index in [2.05, 4.69) is 34.8 Å². The summed E-state index contributed by atoms with van der Waals surface area (Å²) in [6, 6.07) is 7.55. The van der Waals surface area contributed by atoms with Crippen LogP contribution in [0.15, 0.2) is 36.7 Å². The highest BCUT2D eigenvalue weighted by atomic mass is 16.3. The van der Waals surface area contributed by atoms with Crippen LogP contribution in [0.3, 0.4) is 0 Å². The Morgan fingerprint density at radius 1 is 1.40 bits per heavy atom. The topological polar surface area (TPSA) is 70.4 Å². The van der Waals surface area contributed by atoms with Gasteiger partial charge in [-0.15, -0.1) is 0 Å². The van der Waals surface area contributed by atoms with Crippen molar-refractivity contribution in [1.29, 1.82) is 0 Å². The molecule has 0 fully saturated rings. The Labute approximate surface area is 148 Å². The molecular formula is C19H26N4O2. The van der Waals surface area contributed by atoms with Crippen molar-refractivity contribution >= 4 is 6.03 Å². The normalized spacial score (nSPS) is 16.8. The molecule has 2 N–H and O–H groups in total. The molecule has 25 heavy (non-hydrogen) atoms. The van der Waals surface area contributed by atoms with Crippen molar-refractivity contribution in [1.82, 2.24) is 19.8 Å². The van der Waals surface area contributed by atoms with E-state index in [-0.39, 0.29) is 18.7 Å². The Bertz CT molecular complexity index is 726. The van der Waals surface area contributed by atoms with Crippen molar-refractivity contribution < 1.29 is 9.90 Å². The number of carbonyl (C=O) groups is 1. The zero-order chi connectivity index (χ0) is 17.8. The van der Waals surface area contributed by atoms with Crippen molar-refractivity contribution in [3.8, 4) is 0 Å². The fourth-order valence-corrected chi connectivity index (χ4v) is 3.41. The van der Waals surface area contributed by atoms with Gasteiger partial charge in [0.1, 0.15) is 5.82 Å². The lowest BCUT2D eigenvalue weighted by molar-refractivity contribution is 0.126. The van der Waals surface area contributed by atoms with Crippen molar-refractivity contribution in [3.05, 3.63) is 53.6 Å². The molecule has 0 bridgehead atoms. The standard InChI is InChI=1S/C19H26N4O2/c1-14(2)12-22-10-8-20-18(22)11-21-19(25)23-9-7-15-5-3-4-6-16(15)17(23)13-24/h3-6,8,10,14,17,24H,7,9,11-13H2,1-2H3,(H,21,25)/t17-/m0/s1. The molecule has 0 aliphatic carbocycles. The van der Waals surface area contributed by atoms with Crippen LogP contribution in [0.5, 0.6) is 0 Å². The van der Waals surface area contributed by atoms with Gasteiger partial charge in [0.15, 0.2) is 0 Å². The van der Waals surface area contributed by atoms with Crippen LogP contribution in [0.2, 0.25) is 0 Å². The largest absolute Gasteiger partial charge is 0.394 e. The Morgan fingerprint density at radius 2 is 2.20 bits per heavy atom. The van der Waals surface area contributed by atoms with Crippen molar-refractivity contribution in [2.24, 2.45) is 5.92 Å². The summed E-state index contributed by atoms with van der Waals surface area (Å²) in [4.78, 5) is 18.7. The van der Waals surface area contributed by atoms with E-state index in [9.17, 15) is 9.90 Å². The summed E-state index contributed by atoms with van der Waals surface area (Å²) in [6.07, 6.45) is 4.51. The van der Waals surface area contributed by atoms with Crippen LogP contribution < -0.4 is 5.32 Å². The molecule has 0 saturated carbocycles. The summed E-state index contributed by atoms with van der Waals surface area (Å²) in [6.45, 7) is 6.09. The van der Waals surface area contributed by atoms with E-state index in [0.29, 0.717) is 19.0 Å². The summed E-state index contributed by atoms with van der Waals surface area (Å²) >= 11 is 0. The van der Waals surface area contributed by atoms with E-state index in [1.54, 1.807) is 11.1 Å². The zero-order valence-corrected chi connectivity index (χ0v) is 14.9. The average molecular weight is 342 g/mol. The van der Waals surface area contributed by atoms with Gasteiger partial charge in [0, 0.05) is 25.5 Å². The zero-order valence-electron chi connectivity index (χ0n) is 14.9. The van der Waals surface area contributed by atoms with Crippen molar-refractivity contribution in [2.75, 3.05) is 13.2 Å². The molecule has 1 aromatic heterocycles. The molecule has 3 rings (SSSR count). The molecule has 0 saturated heterocycles. The third-order valence-electron chi connectivity index (χ3n) is 4.61. The summed E-state index contributed by atoms with van der Waals surface area (Å²) in [7, 11) is 0. The molecule has 2 amide bonds. The molecule has 0 radical (unpaired) electrons. The molecule has 6 heteroatoms. The molecule has 0 spiro atoms. The van der Waals surface area contributed by atoms with Gasteiger partial charge in [0.05, 0.1) is 19.2 Å². The number of aliphatic hydroxyl groups is 1. The number of imidazole rings is 1. The number of nitrogens with zero attached hydrogens (tertiary/aromatic N) is 3. The van der Waals surface area contributed by atoms with Crippen LogP contribution >= 0.6 is 0 Å². The fraction of sp³-hybridized carbons (Fsp3) is 0.474. The van der Waals surface area contributed by atoms with E-state index >= 15 is 0 Å². The molecule has 1 aromatic carbocycles. The van der Waals surface area contributed by atoms with Crippen LogP contribution in [0.1, 0.15) is 36.8 Å². The molecule has 0 unspecified atom stereocenters. The number of urea groups is 1. The van der Waals surface area contributed by atoms with Gasteiger partial charge in [0.2, 0.25) is 0 Å². The van der Waals surface area contributed by atoms with Gasteiger partial charge >= 0.3 is 6.03 Å². The predicted octanol–water partition coefficient (Wildman–Crippen LogP) is 2.34. The Hall–Kier alpha value is -2.34. The van der Waals surface area contributed by atoms with Crippen LogP contribution in [0.25, 0.3) is 0 Å². The summed E-state index contributed by atoms with van der Waals surface area (Å²) < 4.78 is 2.07. The Balaban J connectivity index is 1.67. The number of aromatic nitrogens is 2. The molecule has 1 atom stereocenters. The van der Waals surface area contributed by atoms with E-state index in [0.717, 1.165) is 24.4 Å². The predicted molar refractivity (Wildman–Crippen MR) is 96.0 cm³/mol. The highest BCUT2D eigenvalue weighted by Crippen LogP contribution is 2.29. The first-order chi connectivity index (χ1) is 12.1. The molecular weight excluding hydrogens is 316 g/mol. The van der Waals surface area contributed by atoms with Crippen LogP contribution in [0, 0.1) is 5.92 Å². The lowest BCUT2D eigenvalue weighted by atomic mass is 9.93. The molecule has 1 aliphatic heterocycles. The fourth-order valence-electron chi connectivity index (χ4n) is 3.41. The number of nitrogens with one attached hydrogen (secondary N) is 1. The number of fused-ring (bicyclic) bond motifs is 1. The van der Waals surface area contributed by atoms with Crippen LogP contribution in [-0.2, 0) is 19.5 Å². The average Bonchev–Trinajstić information content (AvgIpc) is 3.04. The number of benzene rings is 1. The maximum atomic E-state index is 12.7. The first-order valence-corrected chi connectivity index (χ1v) is 8.83. The van der Waals surface area contributed by atoms with E-state index in [4.69, 9.17) is 0 Å². The van der Waals surface area contributed by atoms with Crippen molar-refractivity contribution in [2.45, 2.75) is 39.4 Å². The van der Waals surface area contributed by atoms with Crippen LogP contribution in [0.4, 0.5) is 4.79 Å². The first-order valence-electron chi connectivity index (χ1n) is 8.83. The van der Waals surface area contributed by atoms with Gasteiger partial charge in [-0.2, -0.15) is 0 Å². The molecule has 134 valence electrons. The molecule has 6 nitrogen and oxygen atoms in total. The van der Waals surface area contributed by atoms with Gasteiger partial charge in [-0.25, -0.2) is 9.78 Å². The lowest BCUT2D eigenvalue weighted by Crippen LogP contribution is -2.46. The highest BCUT2D eigenvalue weighted by molar-refractivity contribution is 5.75. The second-order valence-electron chi connectivity index (χ2n) is 6.89. The Morgan fingerprint density at radius 3 is 2.96 bits per heavy atom. The number of amides is 2. The first kappa shape index (κ1) is 17.5. The number of hydrogen-bond donors (Lipinski definition) is 2. The Kier molecular flexibility index (Phi) is 5.38. The molecule has 1 aliphatic rings. The molecule has 2 aromatic rings. The third-order valence-corrected chi connectivity index (χ3v) is 4.61. The summed E-state index contributed by atoms with van der Waals surface area (Å²) in [5, 5.41) is 12.8. The van der Waals surface area contributed by atoms with Gasteiger partial charge in [-0.05, 0) is 23.5 Å². The number of rotatable bonds is 5. The number of aliphatic hydroxyl groups excluding tert-OH is 1. The second kappa shape index (κ2) is 7.70. The van der Waals surface area contributed by atoms with E-state index in [1.165, 1.54) is 5.56 Å². The SMILES string of the molecule is CC(C)Cn1ccnc1CNC(=O)N1CCc2ccccc2[C@@H]1CO. The minimum absolute atomic E-state index is 0.0770. The van der Waals surface area contributed by atoms with Gasteiger partial charge in [0.25, 0.3) is 0 Å². The smallest absolute Gasteiger partial charge is 0.318 e. The summed E-state index contributed by atoms with van der Waals surface area (Å²) in [5.74, 6) is 1.36. The van der Waals surface area contributed by atoms with Crippen molar-refractivity contribution in [3.63, 3.8) is 0 Å². The van der Waals surface area contributed by atoms with Gasteiger partial charge in [-0.1, -0.05) is 38.1 Å².